The second-order valence-corrected chi connectivity index (χ2v) is 8.52. The third kappa shape index (κ3) is 5.24. The van der Waals surface area contributed by atoms with E-state index in [4.69, 9.17) is 0 Å². The molecule has 150 valence electrons. The molecule has 0 spiro atoms. The van der Waals surface area contributed by atoms with Gasteiger partial charge in [0, 0.05) is 29.9 Å². The van der Waals surface area contributed by atoms with Crippen molar-refractivity contribution in [1.82, 2.24) is 9.71 Å². The number of aryl methyl sites for hydroxylation is 2. The molecule has 0 bridgehead atoms. The maximum Gasteiger partial charge on any atom is 0.269 e. The number of sulfonamides is 1. The molecular formula is C21H21N3O4S. The first kappa shape index (κ1) is 20.6. The molecule has 7 nitrogen and oxygen atoms in total. The number of hydrogen-bond donors (Lipinski definition) is 1. The van der Waals surface area contributed by atoms with E-state index in [-0.39, 0.29) is 10.6 Å². The molecule has 1 N–H and O–H groups in total. The largest absolute Gasteiger partial charge is 0.269 e. The Labute approximate surface area is 169 Å². The normalized spacial score (nSPS) is 12.5. The average molecular weight is 411 g/mol. The van der Waals surface area contributed by atoms with Crippen molar-refractivity contribution in [3.63, 3.8) is 0 Å². The van der Waals surface area contributed by atoms with E-state index in [1.165, 1.54) is 12.1 Å². The lowest BCUT2D eigenvalue weighted by Crippen LogP contribution is -2.30. The predicted octanol–water partition coefficient (Wildman–Crippen LogP) is 3.87. The number of nitrogens with zero attached hydrogens (tertiary/aromatic N) is 2. The summed E-state index contributed by atoms with van der Waals surface area (Å²) in [6, 6.07) is 17.4. The molecule has 1 aromatic heterocycles. The highest BCUT2D eigenvalue weighted by molar-refractivity contribution is 7.89. The zero-order chi connectivity index (χ0) is 21.0. The van der Waals surface area contributed by atoms with Crippen LogP contribution in [0, 0.1) is 24.0 Å². The van der Waals surface area contributed by atoms with E-state index in [1.807, 2.05) is 32.0 Å². The van der Waals surface area contributed by atoms with Crippen LogP contribution in [0.15, 0.2) is 71.6 Å². The van der Waals surface area contributed by atoms with Gasteiger partial charge in [0.15, 0.2) is 0 Å². The third-order valence-corrected chi connectivity index (χ3v) is 5.98. The topological polar surface area (TPSA) is 102 Å². The van der Waals surface area contributed by atoms with Gasteiger partial charge >= 0.3 is 0 Å². The van der Waals surface area contributed by atoms with Crippen molar-refractivity contribution in [1.29, 1.82) is 0 Å². The van der Waals surface area contributed by atoms with Crippen molar-refractivity contribution in [2.24, 2.45) is 0 Å². The highest BCUT2D eigenvalue weighted by atomic mass is 32.2. The summed E-state index contributed by atoms with van der Waals surface area (Å²) < 4.78 is 28.6. The summed E-state index contributed by atoms with van der Waals surface area (Å²) in [7, 11) is -3.79. The molecule has 3 aromatic rings. The zero-order valence-electron chi connectivity index (χ0n) is 16.1. The number of nitro groups is 1. The van der Waals surface area contributed by atoms with Crippen LogP contribution in [0.5, 0.6) is 0 Å². The van der Waals surface area contributed by atoms with Crippen molar-refractivity contribution in [3.8, 4) is 0 Å². The minimum Gasteiger partial charge on any atom is -0.258 e. The first-order valence-electron chi connectivity index (χ1n) is 9.00. The number of hydrogen-bond acceptors (Lipinski definition) is 5. The molecule has 0 saturated carbocycles. The number of benzene rings is 2. The van der Waals surface area contributed by atoms with Gasteiger partial charge in [-0.15, -0.1) is 0 Å². The first-order chi connectivity index (χ1) is 13.7. The second kappa shape index (κ2) is 8.50. The number of aromatic nitrogens is 1. The predicted molar refractivity (Wildman–Crippen MR) is 110 cm³/mol. The summed E-state index contributed by atoms with van der Waals surface area (Å²) in [5.74, 6) is 0. The number of nitrogens with one attached hydrogen (secondary N) is 1. The van der Waals surface area contributed by atoms with Gasteiger partial charge in [-0.2, -0.15) is 0 Å². The summed E-state index contributed by atoms with van der Waals surface area (Å²) in [4.78, 5) is 15.1. The number of non-ortho nitro benzene ring substituents is 1. The Morgan fingerprint density at radius 1 is 1.00 bits per heavy atom. The molecule has 0 amide bonds. The Kier molecular flexibility index (Phi) is 6.05. The molecule has 1 atom stereocenters. The van der Waals surface area contributed by atoms with E-state index in [9.17, 15) is 18.5 Å². The molecule has 29 heavy (non-hydrogen) atoms. The van der Waals surface area contributed by atoms with Crippen molar-refractivity contribution >= 4 is 15.7 Å². The van der Waals surface area contributed by atoms with Crippen LogP contribution in [0.2, 0.25) is 0 Å². The Morgan fingerprint density at radius 2 is 1.66 bits per heavy atom. The van der Waals surface area contributed by atoms with Gasteiger partial charge in [0.25, 0.3) is 5.69 Å². The van der Waals surface area contributed by atoms with Gasteiger partial charge in [-0.1, -0.05) is 35.9 Å². The Balaban J connectivity index is 1.95. The molecular weight excluding hydrogens is 390 g/mol. The fourth-order valence-corrected chi connectivity index (χ4v) is 4.18. The van der Waals surface area contributed by atoms with Crippen LogP contribution in [0.4, 0.5) is 5.69 Å². The Morgan fingerprint density at radius 3 is 2.24 bits per heavy atom. The summed E-state index contributed by atoms with van der Waals surface area (Å²) >= 11 is 0. The first-order valence-corrected chi connectivity index (χ1v) is 10.5. The highest BCUT2D eigenvalue weighted by Crippen LogP contribution is 2.23. The fraction of sp³-hybridized carbons (Fsp3) is 0.190. The van der Waals surface area contributed by atoms with Crippen LogP contribution in [-0.4, -0.2) is 18.3 Å². The standard InChI is InChI=1S/C21H21N3O4S/c1-15-6-12-20(13-7-15)29(27,28)23-21(14-18-5-3-4-16(2)22-18)17-8-10-19(11-9-17)24(25)26/h3-13,21,23H,14H2,1-2H3. The van der Waals surface area contributed by atoms with Crippen molar-refractivity contribution in [2.45, 2.75) is 31.2 Å². The third-order valence-electron chi connectivity index (χ3n) is 4.49. The molecule has 0 fully saturated rings. The minimum absolute atomic E-state index is 0.0532. The SMILES string of the molecule is Cc1ccc(S(=O)(=O)NC(Cc2cccc(C)n2)c2ccc([N+](=O)[O-])cc2)cc1. The van der Waals surface area contributed by atoms with Gasteiger partial charge in [0.2, 0.25) is 10.0 Å². The van der Waals surface area contributed by atoms with E-state index in [2.05, 4.69) is 9.71 Å². The molecule has 1 heterocycles. The maximum atomic E-state index is 12.9. The molecule has 3 rings (SSSR count). The van der Waals surface area contributed by atoms with E-state index < -0.39 is 21.0 Å². The molecule has 0 saturated heterocycles. The number of nitro benzene ring substituents is 1. The van der Waals surface area contributed by atoms with E-state index in [1.54, 1.807) is 36.4 Å². The summed E-state index contributed by atoms with van der Waals surface area (Å²) in [6.07, 6.45) is 0.310. The van der Waals surface area contributed by atoms with Gasteiger partial charge in [-0.25, -0.2) is 13.1 Å². The number of rotatable bonds is 7. The molecule has 0 radical (unpaired) electrons. The second-order valence-electron chi connectivity index (χ2n) is 6.81. The average Bonchev–Trinajstić information content (AvgIpc) is 2.68. The molecule has 0 aliphatic rings. The van der Waals surface area contributed by atoms with Crippen LogP contribution in [0.25, 0.3) is 0 Å². The molecule has 1 unspecified atom stereocenters. The summed E-state index contributed by atoms with van der Waals surface area (Å²) in [5, 5.41) is 10.9. The smallest absolute Gasteiger partial charge is 0.258 e. The minimum atomic E-state index is -3.79. The van der Waals surface area contributed by atoms with Gasteiger partial charge in [-0.3, -0.25) is 15.1 Å². The number of pyridine rings is 1. The monoisotopic (exact) mass is 411 g/mol. The Hall–Kier alpha value is -3.10. The molecule has 0 aliphatic carbocycles. The van der Waals surface area contributed by atoms with Gasteiger partial charge in [-0.05, 0) is 43.7 Å². The molecule has 2 aromatic carbocycles. The molecule has 8 heteroatoms. The van der Waals surface area contributed by atoms with Crippen molar-refractivity contribution in [3.05, 3.63) is 99.4 Å². The summed E-state index contributed by atoms with van der Waals surface area (Å²) in [5.41, 5.74) is 3.07. The summed E-state index contributed by atoms with van der Waals surface area (Å²) in [6.45, 7) is 3.74. The van der Waals surface area contributed by atoms with E-state index >= 15 is 0 Å². The zero-order valence-corrected chi connectivity index (χ0v) is 16.9. The fourth-order valence-electron chi connectivity index (χ4n) is 2.95. The highest BCUT2D eigenvalue weighted by Gasteiger charge is 2.23. The quantitative estimate of drug-likeness (QED) is 0.470. The van der Waals surface area contributed by atoms with E-state index in [0.29, 0.717) is 12.0 Å². The van der Waals surface area contributed by atoms with Gasteiger partial charge in [0.05, 0.1) is 15.9 Å². The van der Waals surface area contributed by atoms with Crippen molar-refractivity contribution in [2.75, 3.05) is 0 Å². The van der Waals surface area contributed by atoms with Crippen molar-refractivity contribution < 1.29 is 13.3 Å². The van der Waals surface area contributed by atoms with Crippen LogP contribution < -0.4 is 4.72 Å². The lowest BCUT2D eigenvalue weighted by atomic mass is 10.0. The lowest BCUT2D eigenvalue weighted by molar-refractivity contribution is -0.384. The van der Waals surface area contributed by atoms with Crippen LogP contribution in [0.3, 0.4) is 0 Å². The Bertz CT molecular complexity index is 1110. The van der Waals surface area contributed by atoms with E-state index in [0.717, 1.165) is 17.0 Å². The maximum absolute atomic E-state index is 12.9. The molecule has 0 aliphatic heterocycles. The van der Waals surface area contributed by atoms with Crippen LogP contribution >= 0.6 is 0 Å². The van der Waals surface area contributed by atoms with Crippen LogP contribution in [0.1, 0.15) is 28.6 Å². The van der Waals surface area contributed by atoms with Crippen LogP contribution in [-0.2, 0) is 16.4 Å². The van der Waals surface area contributed by atoms with Gasteiger partial charge < -0.3 is 0 Å². The van der Waals surface area contributed by atoms with Gasteiger partial charge in [0.1, 0.15) is 0 Å². The lowest BCUT2D eigenvalue weighted by Gasteiger charge is -2.19.